The van der Waals surface area contributed by atoms with Crippen LogP contribution in [0.5, 0.6) is 0 Å². The number of halogens is 1. The first-order valence-electron chi connectivity index (χ1n) is 10.8. The Morgan fingerprint density at radius 2 is 1.12 bits per heavy atom. The summed E-state index contributed by atoms with van der Waals surface area (Å²) in [5.41, 5.74) is 3.36. The SMILES string of the molecule is O=S(=O)(NC[C@@H]([NH2+]C(c1ccccc1)c1ccccc1)c1ccccc1)c1ccc(Cl)cc1. The number of nitrogens with two attached hydrogens (primary N) is 1. The van der Waals surface area contributed by atoms with Gasteiger partial charge >= 0.3 is 0 Å². The van der Waals surface area contributed by atoms with E-state index < -0.39 is 10.0 Å². The minimum Gasteiger partial charge on any atom is -0.329 e. The van der Waals surface area contributed by atoms with Crippen LogP contribution in [0.3, 0.4) is 0 Å². The molecule has 33 heavy (non-hydrogen) atoms. The largest absolute Gasteiger partial charge is 0.329 e. The Bertz CT molecular complexity index is 1210. The van der Waals surface area contributed by atoms with E-state index in [0.29, 0.717) is 5.02 Å². The van der Waals surface area contributed by atoms with E-state index in [0.717, 1.165) is 16.7 Å². The van der Waals surface area contributed by atoms with Gasteiger partial charge in [-0.25, -0.2) is 13.1 Å². The second-order valence-electron chi connectivity index (χ2n) is 7.81. The van der Waals surface area contributed by atoms with Gasteiger partial charge in [-0.1, -0.05) is 103 Å². The second kappa shape index (κ2) is 10.8. The zero-order valence-electron chi connectivity index (χ0n) is 18.0. The fraction of sp³-hybridized carbons (Fsp3) is 0.111. The Labute approximate surface area is 200 Å². The van der Waals surface area contributed by atoms with E-state index in [-0.39, 0.29) is 23.5 Å². The molecule has 0 amide bonds. The average Bonchev–Trinajstić information content (AvgIpc) is 2.86. The highest BCUT2D eigenvalue weighted by atomic mass is 35.5. The molecular weight excluding hydrogens is 452 g/mol. The Hall–Kier alpha value is -2.96. The maximum atomic E-state index is 12.9. The quantitative estimate of drug-likeness (QED) is 0.366. The molecule has 6 heteroatoms. The molecule has 4 aromatic carbocycles. The van der Waals surface area contributed by atoms with Gasteiger partial charge in [0.15, 0.2) is 0 Å². The number of quaternary nitrogens is 1. The minimum atomic E-state index is -3.67. The lowest BCUT2D eigenvalue weighted by Crippen LogP contribution is -2.87. The van der Waals surface area contributed by atoms with Gasteiger partial charge in [0.2, 0.25) is 10.0 Å². The fourth-order valence-electron chi connectivity index (χ4n) is 3.86. The molecule has 0 saturated carbocycles. The van der Waals surface area contributed by atoms with E-state index in [1.54, 1.807) is 12.1 Å². The Balaban J connectivity index is 1.63. The van der Waals surface area contributed by atoms with E-state index in [4.69, 9.17) is 11.6 Å². The number of benzene rings is 4. The lowest BCUT2D eigenvalue weighted by molar-refractivity contribution is -0.724. The summed E-state index contributed by atoms with van der Waals surface area (Å²) in [6.45, 7) is 0.241. The van der Waals surface area contributed by atoms with Crippen molar-refractivity contribution in [2.24, 2.45) is 0 Å². The van der Waals surface area contributed by atoms with E-state index in [1.165, 1.54) is 12.1 Å². The molecule has 0 bridgehead atoms. The van der Waals surface area contributed by atoms with Crippen molar-refractivity contribution < 1.29 is 13.7 Å². The molecule has 168 valence electrons. The predicted molar refractivity (Wildman–Crippen MR) is 132 cm³/mol. The minimum absolute atomic E-state index is 0.0117. The standard InChI is InChI=1S/C27H25ClN2O2S/c28-24-16-18-25(19-17-24)33(31,32)29-20-26(21-10-4-1-5-11-21)30-27(22-12-6-2-7-13-22)23-14-8-3-9-15-23/h1-19,26-27,29-30H,20H2/p+1/t26-/m1/s1. The molecule has 4 rings (SSSR count). The van der Waals surface area contributed by atoms with Crippen LogP contribution in [0.4, 0.5) is 0 Å². The van der Waals surface area contributed by atoms with Crippen LogP contribution < -0.4 is 10.0 Å². The van der Waals surface area contributed by atoms with Crippen LogP contribution in [-0.4, -0.2) is 15.0 Å². The molecule has 0 aliphatic rings. The smallest absolute Gasteiger partial charge is 0.240 e. The van der Waals surface area contributed by atoms with Crippen molar-refractivity contribution in [2.45, 2.75) is 17.0 Å². The molecule has 0 aliphatic carbocycles. The zero-order chi connectivity index (χ0) is 23.1. The van der Waals surface area contributed by atoms with Crippen molar-refractivity contribution in [2.75, 3.05) is 6.54 Å². The van der Waals surface area contributed by atoms with Crippen LogP contribution in [-0.2, 0) is 10.0 Å². The summed E-state index contributed by atoms with van der Waals surface area (Å²) in [5, 5.41) is 2.72. The number of nitrogens with one attached hydrogen (secondary N) is 1. The summed E-state index contributed by atoms with van der Waals surface area (Å²) in [6, 6.07) is 36.6. The van der Waals surface area contributed by atoms with Crippen LogP contribution in [0, 0.1) is 0 Å². The highest BCUT2D eigenvalue weighted by Crippen LogP contribution is 2.21. The molecule has 0 heterocycles. The van der Waals surface area contributed by atoms with Crippen molar-refractivity contribution in [3.63, 3.8) is 0 Å². The van der Waals surface area contributed by atoms with Crippen molar-refractivity contribution in [1.82, 2.24) is 4.72 Å². The monoisotopic (exact) mass is 477 g/mol. The lowest BCUT2D eigenvalue weighted by atomic mass is 9.96. The van der Waals surface area contributed by atoms with Crippen molar-refractivity contribution in [3.05, 3.63) is 137 Å². The molecule has 0 radical (unpaired) electrons. The molecule has 1 atom stereocenters. The fourth-order valence-corrected chi connectivity index (χ4v) is 5.05. The van der Waals surface area contributed by atoms with Crippen molar-refractivity contribution >= 4 is 21.6 Å². The summed E-state index contributed by atoms with van der Waals surface area (Å²) < 4.78 is 28.7. The van der Waals surface area contributed by atoms with Gasteiger partial charge in [0.1, 0.15) is 12.1 Å². The first-order chi connectivity index (χ1) is 16.0. The van der Waals surface area contributed by atoms with Crippen molar-refractivity contribution in [3.8, 4) is 0 Å². The first kappa shape index (κ1) is 23.2. The molecule has 4 nitrogen and oxygen atoms in total. The molecular formula is C27H26ClN2O2S+. The number of rotatable bonds is 9. The van der Waals surface area contributed by atoms with Gasteiger partial charge in [-0.2, -0.15) is 0 Å². The number of sulfonamides is 1. The van der Waals surface area contributed by atoms with Crippen LogP contribution in [0.15, 0.2) is 120 Å². The Kier molecular flexibility index (Phi) is 7.57. The van der Waals surface area contributed by atoms with Crippen LogP contribution in [0.25, 0.3) is 0 Å². The third-order valence-electron chi connectivity index (χ3n) is 5.59. The Morgan fingerprint density at radius 3 is 1.61 bits per heavy atom. The van der Waals surface area contributed by atoms with E-state index in [2.05, 4.69) is 34.3 Å². The molecule has 0 spiro atoms. The number of hydrogen-bond acceptors (Lipinski definition) is 2. The van der Waals surface area contributed by atoms with Crippen LogP contribution in [0.1, 0.15) is 28.8 Å². The molecule has 0 saturated heterocycles. The van der Waals surface area contributed by atoms with Crippen LogP contribution >= 0.6 is 11.6 Å². The number of hydrogen-bond donors (Lipinski definition) is 2. The normalized spacial score (nSPS) is 12.5. The lowest BCUT2D eigenvalue weighted by Gasteiger charge is -2.24. The van der Waals surface area contributed by atoms with E-state index in [9.17, 15) is 8.42 Å². The van der Waals surface area contributed by atoms with Gasteiger partial charge in [-0.05, 0) is 24.3 Å². The van der Waals surface area contributed by atoms with E-state index in [1.807, 2.05) is 66.7 Å². The maximum Gasteiger partial charge on any atom is 0.240 e. The van der Waals surface area contributed by atoms with E-state index >= 15 is 0 Å². The summed E-state index contributed by atoms with van der Waals surface area (Å²) in [6.07, 6.45) is 0. The van der Waals surface area contributed by atoms with Gasteiger partial charge in [0.05, 0.1) is 11.4 Å². The van der Waals surface area contributed by atoms with Crippen molar-refractivity contribution in [1.29, 1.82) is 0 Å². The maximum absolute atomic E-state index is 12.9. The highest BCUT2D eigenvalue weighted by molar-refractivity contribution is 7.89. The zero-order valence-corrected chi connectivity index (χ0v) is 19.6. The van der Waals surface area contributed by atoms with Gasteiger partial charge in [-0.15, -0.1) is 0 Å². The van der Waals surface area contributed by atoms with Crippen LogP contribution in [0.2, 0.25) is 5.02 Å². The highest BCUT2D eigenvalue weighted by Gasteiger charge is 2.26. The van der Waals surface area contributed by atoms with Gasteiger partial charge in [-0.3, -0.25) is 0 Å². The summed E-state index contributed by atoms with van der Waals surface area (Å²) >= 11 is 5.92. The molecule has 4 aromatic rings. The molecule has 0 fully saturated rings. The van der Waals surface area contributed by atoms with Gasteiger partial charge < -0.3 is 5.32 Å². The van der Waals surface area contributed by atoms with Gasteiger partial charge in [0, 0.05) is 21.7 Å². The predicted octanol–water partition coefficient (Wildman–Crippen LogP) is 4.71. The first-order valence-corrected chi connectivity index (χ1v) is 12.6. The third kappa shape index (κ3) is 6.09. The van der Waals surface area contributed by atoms with Gasteiger partial charge in [0.25, 0.3) is 0 Å². The third-order valence-corrected chi connectivity index (χ3v) is 7.28. The molecule has 0 aliphatic heterocycles. The summed E-state index contributed by atoms with van der Waals surface area (Å²) in [4.78, 5) is 0.196. The molecule has 0 aromatic heterocycles. The Morgan fingerprint density at radius 1 is 0.667 bits per heavy atom. The molecule has 0 unspecified atom stereocenters. The average molecular weight is 478 g/mol. The summed E-state index contributed by atoms with van der Waals surface area (Å²) in [7, 11) is -3.67. The summed E-state index contributed by atoms with van der Waals surface area (Å²) in [5.74, 6) is 0. The second-order valence-corrected chi connectivity index (χ2v) is 10.0. The molecule has 3 N–H and O–H groups in total. The topological polar surface area (TPSA) is 62.8 Å².